The zero-order valence-corrected chi connectivity index (χ0v) is 16.9. The minimum atomic E-state index is -4.64. The topological polar surface area (TPSA) is 47.4 Å². The summed E-state index contributed by atoms with van der Waals surface area (Å²) in [6, 6.07) is 0. The van der Waals surface area contributed by atoms with Crippen LogP contribution in [0.2, 0.25) is 0 Å². The Balaban J connectivity index is 2.02. The van der Waals surface area contributed by atoms with Crippen molar-refractivity contribution in [2.75, 3.05) is 13.1 Å². The van der Waals surface area contributed by atoms with Gasteiger partial charge < -0.3 is 9.64 Å². The number of piperidine rings is 1. The summed E-state index contributed by atoms with van der Waals surface area (Å²) >= 11 is 0.542. The lowest BCUT2D eigenvalue weighted by Gasteiger charge is -2.38. The fraction of sp³-hybridized carbons (Fsp3) is 0.765. The number of likely N-dealkylation sites (tertiary alicyclic amines) is 1. The Kier molecular flexibility index (Phi) is 6.08. The number of nitrogens with zero attached hydrogens (tertiary/aromatic N) is 3. The fourth-order valence-corrected chi connectivity index (χ4v) is 4.23. The van der Waals surface area contributed by atoms with E-state index in [9.17, 15) is 18.0 Å². The van der Waals surface area contributed by atoms with Gasteiger partial charge in [-0.05, 0) is 40.5 Å². The van der Waals surface area contributed by atoms with Crippen molar-refractivity contribution in [2.45, 2.75) is 62.2 Å². The second kappa shape index (κ2) is 7.52. The molecule has 1 aromatic heterocycles. The maximum atomic E-state index is 15.3. The Morgan fingerprint density at radius 2 is 1.74 bits per heavy atom. The quantitative estimate of drug-likeness (QED) is 0.526. The molecular formula is C17H25F4N3O2S. The van der Waals surface area contributed by atoms with Gasteiger partial charge in [0.25, 0.3) is 0 Å². The van der Waals surface area contributed by atoms with Gasteiger partial charge in [-0.3, -0.25) is 4.68 Å². The van der Waals surface area contributed by atoms with E-state index in [2.05, 4.69) is 5.10 Å². The predicted molar refractivity (Wildman–Crippen MR) is 94.1 cm³/mol. The first kappa shape index (κ1) is 21.8. The van der Waals surface area contributed by atoms with Crippen LogP contribution in [0.4, 0.5) is 22.4 Å². The molecule has 27 heavy (non-hydrogen) atoms. The molecule has 10 heteroatoms. The molecule has 0 bridgehead atoms. The van der Waals surface area contributed by atoms with E-state index in [0.29, 0.717) is 37.7 Å². The molecule has 1 amide bonds. The summed E-state index contributed by atoms with van der Waals surface area (Å²) in [5.74, 6) is -0.484. The van der Waals surface area contributed by atoms with Crippen LogP contribution in [0.5, 0.6) is 0 Å². The number of carbonyl (C=O) groups excluding carboxylic acids is 1. The minimum Gasteiger partial charge on any atom is -0.444 e. The van der Waals surface area contributed by atoms with Crippen LogP contribution in [0.3, 0.4) is 0 Å². The molecule has 1 aliphatic heterocycles. The summed E-state index contributed by atoms with van der Waals surface area (Å²) in [6.07, 6.45) is -3.22. The molecule has 0 aliphatic carbocycles. The molecule has 154 valence electrons. The SMILES string of the molecule is Cn1cc(SC(C)(F)C2CCN(C(=O)OC(C)(C)C)CC2)c(C(F)(F)F)n1. The summed E-state index contributed by atoms with van der Waals surface area (Å²) in [5, 5.41) is 1.50. The van der Waals surface area contributed by atoms with E-state index in [0.717, 1.165) is 4.68 Å². The van der Waals surface area contributed by atoms with Crippen LogP contribution in [0.25, 0.3) is 0 Å². The Bertz CT molecular complexity index is 675. The Morgan fingerprint density at radius 3 is 2.22 bits per heavy atom. The van der Waals surface area contributed by atoms with Crippen molar-refractivity contribution >= 4 is 17.9 Å². The molecule has 2 heterocycles. The number of aryl methyl sites for hydroxylation is 1. The van der Waals surface area contributed by atoms with Gasteiger partial charge in [-0.2, -0.15) is 18.3 Å². The fourth-order valence-electron chi connectivity index (χ4n) is 2.94. The lowest BCUT2D eigenvalue weighted by Crippen LogP contribution is -2.44. The monoisotopic (exact) mass is 411 g/mol. The van der Waals surface area contributed by atoms with Crippen LogP contribution >= 0.6 is 11.8 Å². The third-order valence-corrected chi connectivity index (χ3v) is 5.50. The average Bonchev–Trinajstić information content (AvgIpc) is 2.85. The number of ether oxygens (including phenoxy) is 1. The molecule has 1 fully saturated rings. The lowest BCUT2D eigenvalue weighted by molar-refractivity contribution is -0.143. The number of carbonyl (C=O) groups is 1. The number of aromatic nitrogens is 2. The van der Waals surface area contributed by atoms with Crippen LogP contribution in [0.15, 0.2) is 11.1 Å². The summed E-state index contributed by atoms with van der Waals surface area (Å²) < 4.78 is 60.9. The average molecular weight is 411 g/mol. The molecule has 1 unspecified atom stereocenters. The molecule has 1 aliphatic rings. The van der Waals surface area contributed by atoms with E-state index in [1.54, 1.807) is 20.8 Å². The first-order chi connectivity index (χ1) is 12.2. The molecule has 1 saturated heterocycles. The van der Waals surface area contributed by atoms with Gasteiger partial charge in [0.15, 0.2) is 10.7 Å². The van der Waals surface area contributed by atoms with Crippen molar-refractivity contribution in [1.29, 1.82) is 0 Å². The number of amides is 1. The van der Waals surface area contributed by atoms with Crippen LogP contribution in [0, 0.1) is 5.92 Å². The van der Waals surface area contributed by atoms with Gasteiger partial charge in [0, 0.05) is 32.3 Å². The molecule has 1 aromatic rings. The molecule has 5 nitrogen and oxygen atoms in total. The molecule has 0 aromatic carbocycles. The van der Waals surface area contributed by atoms with E-state index in [1.807, 2.05) is 0 Å². The van der Waals surface area contributed by atoms with Crippen LogP contribution in [-0.4, -0.2) is 44.5 Å². The van der Waals surface area contributed by atoms with Crippen molar-refractivity contribution in [2.24, 2.45) is 13.0 Å². The molecule has 0 saturated carbocycles. The molecule has 0 spiro atoms. The first-order valence-electron chi connectivity index (χ1n) is 8.66. The number of halogens is 4. The first-order valence-corrected chi connectivity index (χ1v) is 9.47. The van der Waals surface area contributed by atoms with Gasteiger partial charge in [0.1, 0.15) is 5.60 Å². The Hall–Kier alpha value is -1.45. The molecule has 0 N–H and O–H groups in total. The van der Waals surface area contributed by atoms with Gasteiger partial charge >= 0.3 is 12.3 Å². The van der Waals surface area contributed by atoms with E-state index >= 15 is 4.39 Å². The third-order valence-electron chi connectivity index (χ3n) is 4.25. The van der Waals surface area contributed by atoms with Gasteiger partial charge in [-0.25, -0.2) is 9.18 Å². The number of hydrogen-bond donors (Lipinski definition) is 0. The highest BCUT2D eigenvalue weighted by Crippen LogP contribution is 2.47. The lowest BCUT2D eigenvalue weighted by atomic mass is 9.92. The van der Waals surface area contributed by atoms with E-state index in [-0.39, 0.29) is 4.90 Å². The van der Waals surface area contributed by atoms with Gasteiger partial charge in [-0.15, -0.1) is 0 Å². The van der Waals surface area contributed by atoms with Crippen molar-refractivity contribution in [1.82, 2.24) is 14.7 Å². The van der Waals surface area contributed by atoms with Gasteiger partial charge in [0.2, 0.25) is 0 Å². The number of hydrogen-bond acceptors (Lipinski definition) is 4. The zero-order chi connectivity index (χ0) is 20.6. The maximum Gasteiger partial charge on any atom is 0.436 e. The van der Waals surface area contributed by atoms with Crippen LogP contribution < -0.4 is 0 Å². The Labute approximate surface area is 160 Å². The highest BCUT2D eigenvalue weighted by Gasteiger charge is 2.43. The second-order valence-corrected chi connectivity index (χ2v) is 9.29. The Morgan fingerprint density at radius 1 is 1.19 bits per heavy atom. The molecular weight excluding hydrogens is 386 g/mol. The smallest absolute Gasteiger partial charge is 0.436 e. The van der Waals surface area contributed by atoms with E-state index in [4.69, 9.17) is 4.74 Å². The highest BCUT2D eigenvalue weighted by molar-refractivity contribution is 8.00. The van der Waals surface area contributed by atoms with Gasteiger partial charge in [0.05, 0.1) is 4.90 Å². The van der Waals surface area contributed by atoms with Crippen LogP contribution in [-0.2, 0) is 18.0 Å². The van der Waals surface area contributed by atoms with Crippen molar-refractivity contribution in [3.05, 3.63) is 11.9 Å². The van der Waals surface area contributed by atoms with Crippen molar-refractivity contribution in [3.8, 4) is 0 Å². The van der Waals surface area contributed by atoms with Crippen molar-refractivity contribution in [3.63, 3.8) is 0 Å². The summed E-state index contributed by atoms with van der Waals surface area (Å²) in [4.78, 5) is 13.4. The largest absolute Gasteiger partial charge is 0.444 e. The summed E-state index contributed by atoms with van der Waals surface area (Å²) in [7, 11) is 1.37. The number of thioether (sulfide) groups is 1. The maximum absolute atomic E-state index is 15.3. The molecule has 2 rings (SSSR count). The number of alkyl halides is 4. The van der Waals surface area contributed by atoms with Crippen molar-refractivity contribution < 1.29 is 27.1 Å². The normalized spacial score (nSPS) is 19.1. The van der Waals surface area contributed by atoms with Crippen LogP contribution in [0.1, 0.15) is 46.2 Å². The molecule has 0 radical (unpaired) electrons. The third kappa shape index (κ3) is 5.76. The van der Waals surface area contributed by atoms with Gasteiger partial charge in [-0.1, -0.05) is 11.8 Å². The van der Waals surface area contributed by atoms with E-state index in [1.165, 1.54) is 25.1 Å². The zero-order valence-electron chi connectivity index (χ0n) is 16.1. The standard InChI is InChI=1S/C17H25F4N3O2S/c1-15(2,3)26-14(25)24-8-6-11(7-9-24)16(4,18)27-12-10-23(5)22-13(12)17(19,20)21/h10-11H,6-9H2,1-5H3. The second-order valence-electron chi connectivity index (χ2n) is 7.84. The minimum absolute atomic E-state index is 0.232. The van der Waals surface area contributed by atoms with E-state index < -0.39 is 34.5 Å². The number of rotatable bonds is 3. The molecule has 1 atom stereocenters. The summed E-state index contributed by atoms with van der Waals surface area (Å²) in [5.41, 5.74) is -1.70. The highest BCUT2D eigenvalue weighted by atomic mass is 32.2. The predicted octanol–water partition coefficient (Wildman–Crippen LogP) is 4.86. The summed E-state index contributed by atoms with van der Waals surface area (Å²) in [6.45, 7) is 7.19.